The van der Waals surface area contributed by atoms with Crippen molar-refractivity contribution >= 4 is 86.2 Å². The normalized spacial score (nSPS) is 15.5. The van der Waals surface area contributed by atoms with Crippen molar-refractivity contribution in [3.05, 3.63) is 199 Å². The van der Waals surface area contributed by atoms with E-state index in [1.54, 1.807) is 0 Å². The average Bonchev–Trinajstić information content (AvgIpc) is 3.79. The second-order valence-corrected chi connectivity index (χ2v) is 20.1. The summed E-state index contributed by atoms with van der Waals surface area (Å²) in [5.74, 6) is 1.14. The number of rotatable bonds is 15. The van der Waals surface area contributed by atoms with Crippen molar-refractivity contribution in [3.63, 3.8) is 0 Å². The maximum Gasteiger partial charge on any atom is 0.233 e. The SMILES string of the molecule is C[N+]1=C(/C=C/Nc2ccc(Nc3nc(Nc4ccc(N/C=C/C5=[N+](C)c6ccccc6C5(C)C)cc4)nc(Nc4ccc(N/C=C/C5=[N+](C)c6ccccc6C5(C)C)cc4)n3)cc2)C(C)(C)c2ccccc21.[Cl-].[Cl-].[Cl-]. The van der Waals surface area contributed by atoms with Gasteiger partial charge in [0.25, 0.3) is 0 Å². The first-order valence-electron chi connectivity index (χ1n) is 24.5. The summed E-state index contributed by atoms with van der Waals surface area (Å²) in [5.41, 5.74) is 16.4. The lowest BCUT2D eigenvalue weighted by atomic mass is 9.81. The number of nitrogens with zero attached hydrogens (tertiary/aromatic N) is 6. The molecule has 0 radical (unpaired) electrons. The van der Waals surface area contributed by atoms with Crippen molar-refractivity contribution < 1.29 is 50.9 Å². The highest BCUT2D eigenvalue weighted by molar-refractivity contribution is 6.04. The van der Waals surface area contributed by atoms with Gasteiger partial charge in [-0.05, 0) is 114 Å². The molecule has 0 amide bonds. The summed E-state index contributed by atoms with van der Waals surface area (Å²) in [4.78, 5) is 14.4. The lowest BCUT2D eigenvalue weighted by Crippen LogP contribution is -3.00. The highest BCUT2D eigenvalue weighted by Gasteiger charge is 2.44. The average molecular weight is 1060 g/mol. The number of fused-ring (bicyclic) bond motifs is 3. The Hall–Kier alpha value is -7.77. The quantitative estimate of drug-likeness (QED) is 0.0849. The standard InChI is InChI=1S/C60H60N12.3ClH/c1-58(2)46-16-10-13-19-49(46)70(7)52(58)34-37-61-40-22-28-43(29-23-40)64-55-67-56(65-44-30-24-41(25-31-44)62-38-35-53-59(3,4)47-17-11-14-20-50(47)71(53)8)69-57(68-55)66-45-32-26-42(27-33-45)63-39-36-54-60(5,6)48-18-12-15-21-51(48)72(54)9;;;/h10-39H,1-9H3,(H3,64,65,66,67,68,69);3*1H. The topological polar surface area (TPSA) is 120 Å². The molecule has 3 aliphatic rings. The fourth-order valence-electron chi connectivity index (χ4n) is 10.4. The van der Waals surface area contributed by atoms with Crippen LogP contribution in [0.2, 0.25) is 0 Å². The third-order valence-electron chi connectivity index (χ3n) is 14.4. The van der Waals surface area contributed by atoms with E-state index in [9.17, 15) is 0 Å². The van der Waals surface area contributed by atoms with Crippen LogP contribution in [0.4, 0.5) is 69.0 Å². The van der Waals surface area contributed by atoms with E-state index < -0.39 is 0 Å². The molecule has 3 aliphatic heterocycles. The Labute approximate surface area is 459 Å². The highest BCUT2D eigenvalue weighted by Crippen LogP contribution is 2.41. The zero-order valence-corrected chi connectivity index (χ0v) is 45.9. The summed E-state index contributed by atoms with van der Waals surface area (Å²) < 4.78 is 6.80. The second kappa shape index (κ2) is 22.4. The van der Waals surface area contributed by atoms with E-state index in [2.05, 4.69) is 199 Å². The van der Waals surface area contributed by atoms with Crippen molar-refractivity contribution in [1.29, 1.82) is 0 Å². The van der Waals surface area contributed by atoms with Crippen molar-refractivity contribution in [3.8, 4) is 0 Å². The smallest absolute Gasteiger partial charge is 0.233 e. The van der Waals surface area contributed by atoms with Crippen LogP contribution in [-0.2, 0) is 16.2 Å². The molecular weight excluding hydrogens is 995 g/mol. The minimum atomic E-state index is -0.102. The van der Waals surface area contributed by atoms with Crippen LogP contribution in [0.1, 0.15) is 58.2 Å². The van der Waals surface area contributed by atoms with Crippen LogP contribution in [0.15, 0.2) is 182 Å². The molecule has 1 aromatic heterocycles. The molecule has 0 saturated heterocycles. The summed E-state index contributed by atoms with van der Waals surface area (Å²) >= 11 is 0. The largest absolute Gasteiger partial charge is 1.00 e. The third kappa shape index (κ3) is 11.1. The molecule has 0 saturated carbocycles. The number of benzene rings is 6. The molecule has 0 atom stereocenters. The van der Waals surface area contributed by atoms with E-state index in [1.165, 1.54) is 50.9 Å². The molecule has 0 bridgehead atoms. The van der Waals surface area contributed by atoms with E-state index >= 15 is 0 Å². The summed E-state index contributed by atoms with van der Waals surface area (Å²) in [6.07, 6.45) is 12.5. The van der Waals surface area contributed by atoms with Crippen molar-refractivity contribution in [2.24, 2.45) is 0 Å². The molecule has 10 rings (SSSR count). The molecule has 0 spiro atoms. The lowest BCUT2D eigenvalue weighted by molar-refractivity contribution is -0.401. The predicted molar refractivity (Wildman–Crippen MR) is 298 cm³/mol. The minimum Gasteiger partial charge on any atom is -1.00 e. The Morgan fingerprint density at radius 3 is 0.800 bits per heavy atom. The monoisotopic (exact) mass is 1060 g/mol. The molecule has 384 valence electrons. The zero-order valence-electron chi connectivity index (χ0n) is 43.6. The van der Waals surface area contributed by atoms with E-state index in [-0.39, 0.29) is 53.5 Å². The second-order valence-electron chi connectivity index (χ2n) is 20.1. The van der Waals surface area contributed by atoms with Gasteiger partial charge in [-0.25, -0.2) is 0 Å². The summed E-state index contributed by atoms with van der Waals surface area (Å²) in [7, 11) is 6.38. The zero-order chi connectivity index (χ0) is 50.2. The van der Waals surface area contributed by atoms with Gasteiger partial charge in [0.2, 0.25) is 34.9 Å². The molecule has 6 aromatic carbocycles. The third-order valence-corrected chi connectivity index (χ3v) is 14.4. The van der Waals surface area contributed by atoms with Crippen LogP contribution >= 0.6 is 0 Å². The molecule has 0 fully saturated rings. The van der Waals surface area contributed by atoms with Crippen LogP contribution in [-0.4, -0.2) is 67.0 Å². The summed E-state index contributed by atoms with van der Waals surface area (Å²) in [5, 5.41) is 20.6. The van der Waals surface area contributed by atoms with Gasteiger partial charge in [0.05, 0.1) is 16.2 Å². The number of nitrogens with one attached hydrogen (secondary N) is 6. The molecule has 7 aromatic rings. The van der Waals surface area contributed by atoms with Crippen LogP contribution in [0.5, 0.6) is 0 Å². The van der Waals surface area contributed by atoms with Crippen LogP contribution in [0.25, 0.3) is 0 Å². The van der Waals surface area contributed by atoms with E-state index in [0.29, 0.717) is 17.8 Å². The fourth-order valence-corrected chi connectivity index (χ4v) is 10.4. The number of anilines is 9. The Bertz CT molecular complexity index is 3040. The molecule has 6 N–H and O–H groups in total. The molecule has 12 nitrogen and oxygen atoms in total. The summed E-state index contributed by atoms with van der Waals surface area (Å²) in [6.45, 7) is 13.6. The Morgan fingerprint density at radius 1 is 0.333 bits per heavy atom. The first-order valence-corrected chi connectivity index (χ1v) is 24.5. The van der Waals surface area contributed by atoms with Gasteiger partial charge >= 0.3 is 0 Å². The number of hydrogen-bond donors (Lipinski definition) is 6. The number of para-hydroxylation sites is 3. The molecule has 0 aliphatic carbocycles. The van der Waals surface area contributed by atoms with Gasteiger partial charge in [-0.3, -0.25) is 0 Å². The molecule has 4 heterocycles. The molecular formula is C60H63Cl3N12. The van der Waals surface area contributed by atoms with Crippen LogP contribution in [0.3, 0.4) is 0 Å². The summed E-state index contributed by atoms with van der Waals surface area (Å²) in [6, 6.07) is 49.9. The van der Waals surface area contributed by atoms with Gasteiger partial charge in [-0.2, -0.15) is 28.7 Å². The highest BCUT2D eigenvalue weighted by atomic mass is 35.5. The molecule has 0 unspecified atom stereocenters. The van der Waals surface area contributed by atoms with Gasteiger partial charge in [0, 0.05) is 106 Å². The van der Waals surface area contributed by atoms with Gasteiger partial charge in [-0.1, -0.05) is 54.6 Å². The van der Waals surface area contributed by atoms with Crippen LogP contribution in [0, 0.1) is 0 Å². The van der Waals surface area contributed by atoms with Crippen molar-refractivity contribution in [2.45, 2.75) is 57.8 Å². The molecule has 75 heavy (non-hydrogen) atoms. The maximum absolute atomic E-state index is 4.81. The Morgan fingerprint density at radius 2 is 0.560 bits per heavy atom. The maximum atomic E-state index is 4.81. The lowest BCUT2D eigenvalue weighted by Gasteiger charge is -2.15. The van der Waals surface area contributed by atoms with Crippen molar-refractivity contribution in [1.82, 2.24) is 15.0 Å². The van der Waals surface area contributed by atoms with Crippen molar-refractivity contribution in [2.75, 3.05) is 53.0 Å². The van der Waals surface area contributed by atoms with E-state index in [1.807, 2.05) is 91.4 Å². The van der Waals surface area contributed by atoms with Gasteiger partial charge in [-0.15, -0.1) is 0 Å². The first kappa shape index (κ1) is 55.0. The Balaban J connectivity index is 0.00000273. The van der Waals surface area contributed by atoms with Gasteiger partial charge in [0.1, 0.15) is 21.1 Å². The fraction of sp³-hybridized carbons (Fsp3) is 0.200. The number of halogens is 3. The number of allylic oxidation sites excluding steroid dienone is 3. The van der Waals surface area contributed by atoms with Crippen LogP contribution < -0.4 is 69.1 Å². The minimum absolute atomic E-state index is 0. The van der Waals surface area contributed by atoms with Gasteiger partial charge < -0.3 is 69.1 Å². The molecule has 15 heteroatoms. The van der Waals surface area contributed by atoms with E-state index in [0.717, 1.165) is 34.1 Å². The Kier molecular flexibility index (Phi) is 16.4. The number of aromatic nitrogens is 3. The van der Waals surface area contributed by atoms with E-state index in [4.69, 9.17) is 15.0 Å². The number of hydrogen-bond acceptors (Lipinski definition) is 9. The first-order chi connectivity index (χ1) is 34.7. The predicted octanol–water partition coefficient (Wildman–Crippen LogP) is 4.01. The van der Waals surface area contributed by atoms with Gasteiger partial charge in [0.15, 0.2) is 17.1 Å².